The summed E-state index contributed by atoms with van der Waals surface area (Å²) in [5.41, 5.74) is 1.45. The van der Waals surface area contributed by atoms with E-state index in [2.05, 4.69) is 44.9 Å². The molecule has 0 heterocycles. The summed E-state index contributed by atoms with van der Waals surface area (Å²) in [6, 6.07) is 0. The highest BCUT2D eigenvalue weighted by atomic mass is 16.5. The van der Waals surface area contributed by atoms with Crippen LogP contribution in [-0.2, 0) is 4.74 Å². The molecule has 3 nitrogen and oxygen atoms in total. The van der Waals surface area contributed by atoms with Crippen molar-refractivity contribution in [1.82, 2.24) is 5.32 Å². The van der Waals surface area contributed by atoms with Crippen LogP contribution in [0.25, 0.3) is 0 Å². The van der Waals surface area contributed by atoms with Gasteiger partial charge in [-0.3, -0.25) is 4.99 Å². The first-order chi connectivity index (χ1) is 7.95. The molecule has 0 aliphatic heterocycles. The van der Waals surface area contributed by atoms with Gasteiger partial charge in [-0.2, -0.15) is 0 Å². The SMILES string of the molecule is CCCC(C)=NCCCOCCNC(C)(C)C. The fourth-order valence-corrected chi connectivity index (χ4v) is 1.48. The zero-order chi connectivity index (χ0) is 13.1. The Balaban J connectivity index is 3.27. The number of aliphatic imine (C=N–C) groups is 1. The quantitative estimate of drug-likeness (QED) is 0.498. The first kappa shape index (κ1) is 16.6. The van der Waals surface area contributed by atoms with Crippen molar-refractivity contribution in [3.63, 3.8) is 0 Å². The minimum absolute atomic E-state index is 0.185. The summed E-state index contributed by atoms with van der Waals surface area (Å²) in [4.78, 5) is 4.49. The maximum atomic E-state index is 5.54. The van der Waals surface area contributed by atoms with Crippen molar-refractivity contribution in [3.8, 4) is 0 Å². The van der Waals surface area contributed by atoms with Crippen LogP contribution in [0.3, 0.4) is 0 Å². The Hall–Kier alpha value is -0.410. The van der Waals surface area contributed by atoms with Crippen molar-refractivity contribution < 1.29 is 4.74 Å². The van der Waals surface area contributed by atoms with Gasteiger partial charge in [0.05, 0.1) is 6.61 Å². The van der Waals surface area contributed by atoms with E-state index in [1.54, 1.807) is 0 Å². The third kappa shape index (κ3) is 13.5. The fourth-order valence-electron chi connectivity index (χ4n) is 1.48. The highest BCUT2D eigenvalue weighted by Gasteiger charge is 2.06. The van der Waals surface area contributed by atoms with E-state index in [9.17, 15) is 0 Å². The first-order valence-electron chi connectivity index (χ1n) is 6.78. The van der Waals surface area contributed by atoms with Crippen molar-refractivity contribution in [1.29, 1.82) is 0 Å². The highest BCUT2D eigenvalue weighted by Crippen LogP contribution is 1.97. The Morgan fingerprint density at radius 1 is 1.24 bits per heavy atom. The Bertz CT molecular complexity index is 207. The van der Waals surface area contributed by atoms with Gasteiger partial charge in [-0.05, 0) is 40.5 Å². The molecule has 0 atom stereocenters. The number of hydrogen-bond acceptors (Lipinski definition) is 3. The van der Waals surface area contributed by atoms with Gasteiger partial charge in [-0.15, -0.1) is 0 Å². The topological polar surface area (TPSA) is 33.6 Å². The van der Waals surface area contributed by atoms with E-state index in [4.69, 9.17) is 4.74 Å². The lowest BCUT2D eigenvalue weighted by atomic mass is 10.1. The van der Waals surface area contributed by atoms with Gasteiger partial charge in [-0.1, -0.05) is 13.3 Å². The van der Waals surface area contributed by atoms with Crippen LogP contribution in [-0.4, -0.2) is 37.6 Å². The van der Waals surface area contributed by atoms with Crippen LogP contribution in [0, 0.1) is 0 Å². The fraction of sp³-hybridized carbons (Fsp3) is 0.929. The predicted molar refractivity (Wildman–Crippen MR) is 76.1 cm³/mol. The van der Waals surface area contributed by atoms with Crippen molar-refractivity contribution in [2.45, 2.75) is 59.4 Å². The summed E-state index contributed by atoms with van der Waals surface area (Å²) in [6.07, 6.45) is 3.33. The Morgan fingerprint density at radius 2 is 1.94 bits per heavy atom. The van der Waals surface area contributed by atoms with Gasteiger partial charge in [-0.25, -0.2) is 0 Å². The van der Waals surface area contributed by atoms with E-state index >= 15 is 0 Å². The van der Waals surface area contributed by atoms with Gasteiger partial charge in [0.15, 0.2) is 0 Å². The van der Waals surface area contributed by atoms with E-state index in [1.165, 1.54) is 12.1 Å². The summed E-state index contributed by atoms with van der Waals surface area (Å²) in [5, 5.41) is 3.40. The molecule has 0 unspecified atom stereocenters. The van der Waals surface area contributed by atoms with Gasteiger partial charge in [0.1, 0.15) is 0 Å². The van der Waals surface area contributed by atoms with Gasteiger partial charge in [0.2, 0.25) is 0 Å². The second-order valence-corrected chi connectivity index (χ2v) is 5.51. The maximum Gasteiger partial charge on any atom is 0.0591 e. The average Bonchev–Trinajstić information content (AvgIpc) is 2.21. The van der Waals surface area contributed by atoms with Gasteiger partial charge in [0.25, 0.3) is 0 Å². The third-order valence-corrected chi connectivity index (χ3v) is 2.34. The standard InChI is InChI=1S/C14H30N2O/c1-6-8-13(2)15-9-7-11-17-12-10-16-14(3,4)5/h16H,6-12H2,1-5H3. The molecule has 3 heteroatoms. The molecule has 0 aromatic carbocycles. The lowest BCUT2D eigenvalue weighted by Gasteiger charge is -2.20. The Labute approximate surface area is 107 Å². The van der Waals surface area contributed by atoms with Crippen molar-refractivity contribution >= 4 is 5.71 Å². The van der Waals surface area contributed by atoms with E-state index in [-0.39, 0.29) is 5.54 Å². The Morgan fingerprint density at radius 3 is 2.53 bits per heavy atom. The number of ether oxygens (including phenoxy) is 1. The average molecular weight is 242 g/mol. The summed E-state index contributed by atoms with van der Waals surface area (Å²) < 4.78 is 5.54. The zero-order valence-corrected chi connectivity index (χ0v) is 12.3. The molecule has 0 bridgehead atoms. The largest absolute Gasteiger partial charge is 0.380 e. The first-order valence-corrected chi connectivity index (χ1v) is 6.78. The molecule has 17 heavy (non-hydrogen) atoms. The minimum Gasteiger partial charge on any atom is -0.380 e. The molecule has 0 aliphatic rings. The van der Waals surface area contributed by atoms with E-state index in [0.29, 0.717) is 0 Å². The number of hydrogen-bond donors (Lipinski definition) is 1. The maximum absolute atomic E-state index is 5.54. The Kier molecular flexibility index (Phi) is 9.37. The summed E-state index contributed by atoms with van der Waals surface area (Å²) in [5.74, 6) is 0. The summed E-state index contributed by atoms with van der Waals surface area (Å²) in [6.45, 7) is 14.2. The molecule has 0 fully saturated rings. The smallest absolute Gasteiger partial charge is 0.0591 e. The number of nitrogens with one attached hydrogen (secondary N) is 1. The molecular weight excluding hydrogens is 212 g/mol. The molecule has 1 N–H and O–H groups in total. The molecule has 0 saturated carbocycles. The molecule has 0 saturated heterocycles. The number of nitrogens with zero attached hydrogens (tertiary/aromatic N) is 1. The van der Waals surface area contributed by atoms with Crippen LogP contribution in [0.2, 0.25) is 0 Å². The van der Waals surface area contributed by atoms with Gasteiger partial charge in [0, 0.05) is 30.9 Å². The van der Waals surface area contributed by atoms with Crippen molar-refractivity contribution in [3.05, 3.63) is 0 Å². The molecular formula is C14H30N2O. The molecule has 0 aromatic heterocycles. The van der Waals surface area contributed by atoms with Gasteiger partial charge < -0.3 is 10.1 Å². The highest BCUT2D eigenvalue weighted by molar-refractivity contribution is 5.81. The third-order valence-electron chi connectivity index (χ3n) is 2.34. The molecule has 0 aromatic rings. The van der Waals surface area contributed by atoms with E-state index in [0.717, 1.165) is 39.1 Å². The van der Waals surface area contributed by atoms with Crippen LogP contribution >= 0.6 is 0 Å². The van der Waals surface area contributed by atoms with E-state index < -0.39 is 0 Å². The molecule has 0 spiro atoms. The number of rotatable bonds is 9. The van der Waals surface area contributed by atoms with Crippen LogP contribution in [0.5, 0.6) is 0 Å². The normalized spacial score (nSPS) is 13.1. The minimum atomic E-state index is 0.185. The lowest BCUT2D eigenvalue weighted by Crippen LogP contribution is -2.38. The van der Waals surface area contributed by atoms with Crippen LogP contribution in [0.1, 0.15) is 53.9 Å². The second kappa shape index (κ2) is 9.60. The van der Waals surface area contributed by atoms with E-state index in [1.807, 2.05) is 0 Å². The monoisotopic (exact) mass is 242 g/mol. The zero-order valence-electron chi connectivity index (χ0n) is 12.3. The van der Waals surface area contributed by atoms with Crippen molar-refractivity contribution in [2.24, 2.45) is 4.99 Å². The van der Waals surface area contributed by atoms with Crippen LogP contribution in [0.15, 0.2) is 4.99 Å². The van der Waals surface area contributed by atoms with Crippen molar-refractivity contribution in [2.75, 3.05) is 26.3 Å². The predicted octanol–water partition coefficient (Wildman–Crippen LogP) is 3.04. The van der Waals surface area contributed by atoms with Gasteiger partial charge >= 0.3 is 0 Å². The van der Waals surface area contributed by atoms with Crippen LogP contribution < -0.4 is 5.32 Å². The molecule has 102 valence electrons. The lowest BCUT2D eigenvalue weighted by molar-refractivity contribution is 0.130. The molecule has 0 aliphatic carbocycles. The second-order valence-electron chi connectivity index (χ2n) is 5.51. The van der Waals surface area contributed by atoms with Crippen LogP contribution in [0.4, 0.5) is 0 Å². The molecule has 0 radical (unpaired) electrons. The summed E-state index contributed by atoms with van der Waals surface area (Å²) >= 11 is 0. The molecule has 0 amide bonds. The summed E-state index contributed by atoms with van der Waals surface area (Å²) in [7, 11) is 0. The molecule has 0 rings (SSSR count).